The Kier molecular flexibility index (Phi) is 17.2. The smallest absolute Gasteiger partial charge is 0.306 e. The van der Waals surface area contributed by atoms with Gasteiger partial charge in [-0.3, -0.25) is 9.59 Å². The summed E-state index contributed by atoms with van der Waals surface area (Å²) in [4.78, 5) is 23.7. The van der Waals surface area contributed by atoms with Gasteiger partial charge < -0.3 is 9.47 Å². The lowest BCUT2D eigenvalue weighted by Crippen LogP contribution is -2.17. The van der Waals surface area contributed by atoms with Crippen molar-refractivity contribution in [3.63, 3.8) is 0 Å². The minimum Gasteiger partial charge on any atom is -0.463 e. The molecule has 0 aromatic carbocycles. The van der Waals surface area contributed by atoms with Crippen molar-refractivity contribution in [3.05, 3.63) is 12.7 Å². The van der Waals surface area contributed by atoms with Crippen LogP contribution in [0.4, 0.5) is 0 Å². The van der Waals surface area contributed by atoms with Gasteiger partial charge in [0.2, 0.25) is 0 Å². The monoisotopic (exact) mass is 382 g/mol. The Balaban J connectivity index is 3.75. The summed E-state index contributed by atoms with van der Waals surface area (Å²) in [7, 11) is 0. The van der Waals surface area contributed by atoms with Crippen molar-refractivity contribution in [3.8, 4) is 0 Å². The van der Waals surface area contributed by atoms with E-state index in [4.69, 9.17) is 9.47 Å². The highest BCUT2D eigenvalue weighted by Gasteiger charge is 2.13. The van der Waals surface area contributed by atoms with Crippen LogP contribution in [0.1, 0.15) is 111 Å². The molecule has 0 aliphatic rings. The summed E-state index contributed by atoms with van der Waals surface area (Å²) >= 11 is 0. The molecule has 4 heteroatoms. The first-order chi connectivity index (χ1) is 13.0. The molecule has 158 valence electrons. The summed E-state index contributed by atoms with van der Waals surface area (Å²) in [6, 6.07) is 0. The molecular formula is C23H42O4. The zero-order chi connectivity index (χ0) is 20.3. The highest BCUT2D eigenvalue weighted by atomic mass is 16.5. The third-order valence-corrected chi connectivity index (χ3v) is 4.70. The molecule has 2 unspecified atom stereocenters. The molecule has 0 aliphatic carbocycles. The number of unbranched alkanes of at least 4 members (excludes halogenated alkanes) is 7. The van der Waals surface area contributed by atoms with Gasteiger partial charge in [-0.05, 0) is 39.0 Å². The molecule has 0 aliphatic heterocycles. The number of esters is 2. The summed E-state index contributed by atoms with van der Waals surface area (Å²) in [5.41, 5.74) is 0. The zero-order valence-electron chi connectivity index (χ0n) is 18.0. The van der Waals surface area contributed by atoms with Crippen LogP contribution in [0.15, 0.2) is 12.7 Å². The van der Waals surface area contributed by atoms with E-state index in [-0.39, 0.29) is 37.0 Å². The molecule has 27 heavy (non-hydrogen) atoms. The first-order valence-corrected chi connectivity index (χ1v) is 11.0. The van der Waals surface area contributed by atoms with Crippen LogP contribution in [-0.4, -0.2) is 24.1 Å². The number of carbonyl (C=O) groups is 2. The van der Waals surface area contributed by atoms with Gasteiger partial charge in [0.25, 0.3) is 0 Å². The SMILES string of the molecule is C=CC(CCCCC)OC(=O)CCCC(=O)OC(C)CCCCCCCC. The van der Waals surface area contributed by atoms with Crippen LogP contribution in [0.2, 0.25) is 0 Å². The van der Waals surface area contributed by atoms with E-state index in [9.17, 15) is 9.59 Å². The van der Waals surface area contributed by atoms with Crippen LogP contribution in [0, 0.1) is 0 Å². The van der Waals surface area contributed by atoms with E-state index in [2.05, 4.69) is 20.4 Å². The second-order valence-corrected chi connectivity index (χ2v) is 7.47. The zero-order valence-corrected chi connectivity index (χ0v) is 18.0. The average Bonchev–Trinajstić information content (AvgIpc) is 2.63. The molecule has 0 N–H and O–H groups in total. The molecule has 0 bridgehead atoms. The third kappa shape index (κ3) is 16.6. The van der Waals surface area contributed by atoms with Gasteiger partial charge in [-0.25, -0.2) is 0 Å². The molecule has 0 saturated carbocycles. The fourth-order valence-electron chi connectivity index (χ4n) is 2.98. The van der Waals surface area contributed by atoms with Gasteiger partial charge in [-0.1, -0.05) is 71.4 Å². The molecule has 0 aromatic heterocycles. The average molecular weight is 383 g/mol. The Morgan fingerprint density at radius 2 is 1.30 bits per heavy atom. The second kappa shape index (κ2) is 18.1. The Morgan fingerprint density at radius 1 is 0.778 bits per heavy atom. The Labute approximate surface area is 167 Å². The largest absolute Gasteiger partial charge is 0.463 e. The van der Waals surface area contributed by atoms with Gasteiger partial charge >= 0.3 is 11.9 Å². The van der Waals surface area contributed by atoms with Crippen LogP contribution in [0.25, 0.3) is 0 Å². The minimum absolute atomic E-state index is 0.0423. The number of ether oxygens (including phenoxy) is 2. The second-order valence-electron chi connectivity index (χ2n) is 7.47. The van der Waals surface area contributed by atoms with Crippen molar-refractivity contribution in [2.24, 2.45) is 0 Å². The number of rotatable bonds is 18. The van der Waals surface area contributed by atoms with E-state index in [1.54, 1.807) is 6.08 Å². The van der Waals surface area contributed by atoms with Gasteiger partial charge in [0, 0.05) is 12.8 Å². The van der Waals surface area contributed by atoms with Gasteiger partial charge in [-0.15, -0.1) is 0 Å². The van der Waals surface area contributed by atoms with Gasteiger partial charge in [-0.2, -0.15) is 0 Å². The number of carbonyl (C=O) groups excluding carboxylic acids is 2. The third-order valence-electron chi connectivity index (χ3n) is 4.70. The number of hydrogen-bond donors (Lipinski definition) is 0. The molecule has 0 saturated heterocycles. The summed E-state index contributed by atoms with van der Waals surface area (Å²) in [6.45, 7) is 10.0. The van der Waals surface area contributed by atoms with Crippen molar-refractivity contribution in [2.45, 2.75) is 123 Å². The predicted octanol–water partition coefficient (Wildman–Crippen LogP) is 6.52. The first-order valence-electron chi connectivity index (χ1n) is 11.0. The molecule has 4 nitrogen and oxygen atoms in total. The van der Waals surface area contributed by atoms with Gasteiger partial charge in [0.1, 0.15) is 6.10 Å². The number of hydrogen-bond acceptors (Lipinski definition) is 4. The maximum atomic E-state index is 11.9. The summed E-state index contributed by atoms with van der Waals surface area (Å²) < 4.78 is 10.8. The van der Waals surface area contributed by atoms with Crippen molar-refractivity contribution < 1.29 is 19.1 Å². The maximum absolute atomic E-state index is 11.9. The van der Waals surface area contributed by atoms with Crippen LogP contribution >= 0.6 is 0 Å². The molecule has 0 aromatic rings. The molecule has 0 heterocycles. The van der Waals surface area contributed by atoms with Crippen LogP contribution in [-0.2, 0) is 19.1 Å². The summed E-state index contributed by atoms with van der Waals surface area (Å²) in [5, 5.41) is 0. The normalized spacial score (nSPS) is 13.0. The van der Waals surface area contributed by atoms with Gasteiger partial charge in [0.05, 0.1) is 6.10 Å². The van der Waals surface area contributed by atoms with Crippen LogP contribution in [0.3, 0.4) is 0 Å². The Morgan fingerprint density at radius 3 is 1.93 bits per heavy atom. The highest BCUT2D eigenvalue weighted by molar-refractivity contribution is 5.72. The molecule has 0 rings (SSSR count). The molecule has 0 spiro atoms. The van der Waals surface area contributed by atoms with Crippen LogP contribution in [0.5, 0.6) is 0 Å². The van der Waals surface area contributed by atoms with E-state index >= 15 is 0 Å². The molecule has 0 fully saturated rings. The molecule has 2 atom stereocenters. The lowest BCUT2D eigenvalue weighted by molar-refractivity contribution is -0.149. The quantitative estimate of drug-likeness (QED) is 0.154. The van der Waals surface area contributed by atoms with Crippen molar-refractivity contribution in [2.75, 3.05) is 0 Å². The van der Waals surface area contributed by atoms with Crippen LogP contribution < -0.4 is 0 Å². The van der Waals surface area contributed by atoms with E-state index in [1.807, 2.05) is 6.92 Å². The van der Waals surface area contributed by atoms with Crippen molar-refractivity contribution in [1.29, 1.82) is 0 Å². The summed E-state index contributed by atoms with van der Waals surface area (Å²) in [5.74, 6) is -0.478. The first kappa shape index (κ1) is 25.7. The Hall–Kier alpha value is -1.32. The lowest BCUT2D eigenvalue weighted by Gasteiger charge is -2.14. The maximum Gasteiger partial charge on any atom is 0.306 e. The fourth-order valence-corrected chi connectivity index (χ4v) is 2.98. The standard InChI is InChI=1S/C23H42O4/c1-5-8-10-11-12-14-16-20(4)26-22(24)18-15-19-23(25)27-21(7-3)17-13-9-6-2/h7,20-21H,3,5-6,8-19H2,1-2,4H3. The van der Waals surface area contributed by atoms with E-state index < -0.39 is 0 Å². The Bertz CT molecular complexity index is 392. The van der Waals surface area contributed by atoms with Crippen molar-refractivity contribution in [1.82, 2.24) is 0 Å². The minimum atomic E-state index is -0.260. The molecule has 0 radical (unpaired) electrons. The van der Waals surface area contributed by atoms with Crippen molar-refractivity contribution >= 4 is 11.9 Å². The fraction of sp³-hybridized carbons (Fsp3) is 0.826. The molecule has 0 amide bonds. The van der Waals surface area contributed by atoms with E-state index in [1.165, 1.54) is 32.1 Å². The van der Waals surface area contributed by atoms with E-state index in [0.29, 0.717) is 6.42 Å². The topological polar surface area (TPSA) is 52.6 Å². The highest BCUT2D eigenvalue weighted by Crippen LogP contribution is 2.12. The summed E-state index contributed by atoms with van der Waals surface area (Å²) in [6.07, 6.45) is 14.9. The predicted molar refractivity (Wildman–Crippen MR) is 112 cm³/mol. The lowest BCUT2D eigenvalue weighted by atomic mass is 10.1. The molecular weight excluding hydrogens is 340 g/mol. The van der Waals surface area contributed by atoms with Gasteiger partial charge in [0.15, 0.2) is 0 Å². The van der Waals surface area contributed by atoms with E-state index in [0.717, 1.165) is 38.5 Å².